The van der Waals surface area contributed by atoms with Crippen molar-refractivity contribution in [3.05, 3.63) is 108 Å². The molecule has 0 aliphatic rings. The molecule has 0 aliphatic carbocycles. The van der Waals surface area contributed by atoms with Crippen molar-refractivity contribution < 1.29 is 22.3 Å². The highest BCUT2D eigenvalue weighted by atomic mass is 35.5. The Morgan fingerprint density at radius 2 is 1.73 bits per heavy atom. The minimum atomic E-state index is -4.29. The first-order valence-electron chi connectivity index (χ1n) is 12.1. The monoisotopic (exact) mass is 592 g/mol. The molecule has 3 heterocycles. The van der Waals surface area contributed by atoms with E-state index in [2.05, 4.69) is 25.0 Å². The van der Waals surface area contributed by atoms with Crippen LogP contribution in [-0.2, 0) is 16.6 Å². The lowest BCUT2D eigenvalue weighted by atomic mass is 10.2. The van der Waals surface area contributed by atoms with Gasteiger partial charge in [-0.15, -0.1) is 0 Å². The van der Waals surface area contributed by atoms with Crippen molar-refractivity contribution in [3.8, 4) is 5.82 Å². The third-order valence-electron chi connectivity index (χ3n) is 6.38. The molecule has 0 radical (unpaired) electrons. The molecule has 0 spiro atoms. The molecule has 0 saturated carbocycles. The SMILES string of the molecule is O=S(=O)(Nc1ccc(F)c(Nc2ncnc3ccc(-n4cc(CO)c5ccccc54)nc23)c1F)c1ccccc1Cl. The molecule has 3 aromatic carbocycles. The number of aliphatic hydroxyl groups excluding tert-OH is 1. The van der Waals surface area contributed by atoms with E-state index in [0.717, 1.165) is 23.0 Å². The lowest BCUT2D eigenvalue weighted by Gasteiger charge is -2.15. The van der Waals surface area contributed by atoms with Crippen molar-refractivity contribution in [3.63, 3.8) is 0 Å². The molecule has 0 atom stereocenters. The van der Waals surface area contributed by atoms with Crippen LogP contribution in [0.25, 0.3) is 27.8 Å². The van der Waals surface area contributed by atoms with Gasteiger partial charge in [0.2, 0.25) is 0 Å². The van der Waals surface area contributed by atoms with E-state index < -0.39 is 33.0 Å². The third-order valence-corrected chi connectivity index (χ3v) is 8.25. The predicted octanol–water partition coefficient (Wildman–Crippen LogP) is 5.94. The second kappa shape index (κ2) is 10.4. The number of hydrogen-bond acceptors (Lipinski definition) is 7. The Hall–Kier alpha value is -4.65. The fraction of sp³-hybridized carbons (Fsp3) is 0.0357. The minimum Gasteiger partial charge on any atom is -0.392 e. The fourth-order valence-corrected chi connectivity index (χ4v) is 6.03. The van der Waals surface area contributed by atoms with Crippen LogP contribution in [0.4, 0.5) is 26.0 Å². The smallest absolute Gasteiger partial charge is 0.263 e. The number of nitrogens with zero attached hydrogens (tertiary/aromatic N) is 4. The summed E-state index contributed by atoms with van der Waals surface area (Å²) in [5, 5.41) is 13.2. The molecule has 0 bridgehead atoms. The lowest BCUT2D eigenvalue weighted by molar-refractivity contribution is 0.283. The predicted molar refractivity (Wildman–Crippen MR) is 152 cm³/mol. The topological polar surface area (TPSA) is 122 Å². The molecule has 206 valence electrons. The molecule has 41 heavy (non-hydrogen) atoms. The van der Waals surface area contributed by atoms with Gasteiger partial charge in [-0.2, -0.15) is 0 Å². The van der Waals surface area contributed by atoms with Crippen LogP contribution in [0.3, 0.4) is 0 Å². The van der Waals surface area contributed by atoms with Crippen molar-refractivity contribution >= 4 is 60.8 Å². The average molecular weight is 593 g/mol. The van der Waals surface area contributed by atoms with Crippen molar-refractivity contribution in [1.29, 1.82) is 0 Å². The number of hydrogen-bond donors (Lipinski definition) is 3. The number of pyridine rings is 1. The largest absolute Gasteiger partial charge is 0.392 e. The summed E-state index contributed by atoms with van der Waals surface area (Å²) in [5.41, 5.74) is 0.938. The molecular weight excluding hydrogens is 574 g/mol. The number of nitrogens with one attached hydrogen (secondary N) is 2. The van der Waals surface area contributed by atoms with E-state index in [1.807, 2.05) is 24.3 Å². The molecule has 0 aliphatic heterocycles. The molecule has 6 rings (SSSR count). The fourth-order valence-electron chi connectivity index (χ4n) is 4.45. The number of aromatic nitrogens is 4. The standard InChI is InChI=1S/C28H19ClF2N6O3S/c29-18-6-2-4-8-23(18)41(39,40)36-20-10-9-19(30)26(25(20)31)35-28-27-21(32-15-33-28)11-12-24(34-27)37-13-16(14-38)17-5-1-3-7-22(17)37/h1-13,15,36,38H,14H2,(H,32,33,35). The first-order chi connectivity index (χ1) is 19.8. The van der Waals surface area contributed by atoms with Crippen molar-refractivity contribution in [2.24, 2.45) is 0 Å². The summed E-state index contributed by atoms with van der Waals surface area (Å²) < 4.78 is 60.1. The van der Waals surface area contributed by atoms with Gasteiger partial charge in [0.1, 0.15) is 34.1 Å². The lowest BCUT2D eigenvalue weighted by Crippen LogP contribution is -2.15. The normalized spacial score (nSPS) is 11.7. The van der Waals surface area contributed by atoms with E-state index in [1.165, 1.54) is 24.5 Å². The summed E-state index contributed by atoms with van der Waals surface area (Å²) in [4.78, 5) is 12.7. The molecule has 0 fully saturated rings. The van der Waals surface area contributed by atoms with Crippen LogP contribution in [0.5, 0.6) is 0 Å². The first-order valence-corrected chi connectivity index (χ1v) is 14.0. The van der Waals surface area contributed by atoms with Crippen LogP contribution >= 0.6 is 11.6 Å². The summed E-state index contributed by atoms with van der Waals surface area (Å²) in [6.07, 6.45) is 2.96. The quantitative estimate of drug-likeness (QED) is 0.210. The number of para-hydroxylation sites is 1. The zero-order chi connectivity index (χ0) is 28.7. The molecule has 3 N–H and O–H groups in total. The molecule has 3 aromatic heterocycles. The Kier molecular flexibility index (Phi) is 6.73. The van der Waals surface area contributed by atoms with E-state index >= 15 is 4.39 Å². The zero-order valence-electron chi connectivity index (χ0n) is 20.9. The highest BCUT2D eigenvalue weighted by Crippen LogP contribution is 2.33. The van der Waals surface area contributed by atoms with Crippen molar-refractivity contribution in [2.45, 2.75) is 11.5 Å². The van der Waals surface area contributed by atoms with E-state index in [4.69, 9.17) is 11.6 Å². The highest BCUT2D eigenvalue weighted by molar-refractivity contribution is 7.92. The molecule has 0 saturated heterocycles. The van der Waals surface area contributed by atoms with Crippen molar-refractivity contribution in [2.75, 3.05) is 10.0 Å². The molecule has 6 aromatic rings. The maximum Gasteiger partial charge on any atom is 0.263 e. The summed E-state index contributed by atoms with van der Waals surface area (Å²) in [7, 11) is -4.29. The number of benzene rings is 3. The summed E-state index contributed by atoms with van der Waals surface area (Å²) in [6.45, 7) is -0.174. The molecule has 0 amide bonds. The van der Waals surface area contributed by atoms with Gasteiger partial charge < -0.3 is 15.0 Å². The van der Waals surface area contributed by atoms with Gasteiger partial charge in [0, 0.05) is 17.1 Å². The number of anilines is 3. The molecule has 9 nitrogen and oxygen atoms in total. The Bertz CT molecular complexity index is 2070. The van der Waals surface area contributed by atoms with Crippen molar-refractivity contribution in [1.82, 2.24) is 19.5 Å². The summed E-state index contributed by atoms with van der Waals surface area (Å²) >= 11 is 6.01. The Labute approximate surface area is 237 Å². The van der Waals surface area contributed by atoms with Gasteiger partial charge in [0.05, 0.1) is 28.4 Å². The Morgan fingerprint density at radius 3 is 2.54 bits per heavy atom. The zero-order valence-corrected chi connectivity index (χ0v) is 22.5. The number of rotatable bonds is 7. The van der Waals surface area contributed by atoms with Gasteiger partial charge in [0.15, 0.2) is 11.6 Å². The van der Waals surface area contributed by atoms with Gasteiger partial charge in [-0.3, -0.25) is 4.72 Å². The first kappa shape index (κ1) is 26.6. The van der Waals surface area contributed by atoms with Gasteiger partial charge >= 0.3 is 0 Å². The molecular formula is C28H19ClF2N6O3S. The maximum absolute atomic E-state index is 15.6. The van der Waals surface area contributed by atoms with E-state index in [1.54, 1.807) is 29.0 Å². The number of fused-ring (bicyclic) bond motifs is 2. The minimum absolute atomic E-state index is 0.0143. The van der Waals surface area contributed by atoms with Gasteiger partial charge in [-0.1, -0.05) is 41.9 Å². The average Bonchev–Trinajstić information content (AvgIpc) is 3.35. The van der Waals surface area contributed by atoms with E-state index in [0.29, 0.717) is 16.9 Å². The van der Waals surface area contributed by atoms with Crippen LogP contribution < -0.4 is 10.0 Å². The van der Waals surface area contributed by atoms with Gasteiger partial charge in [-0.25, -0.2) is 32.2 Å². The van der Waals surface area contributed by atoms with Crippen LogP contribution in [-0.4, -0.2) is 33.0 Å². The van der Waals surface area contributed by atoms with Gasteiger partial charge in [-0.05, 0) is 42.5 Å². The van der Waals surface area contributed by atoms with Crippen LogP contribution in [0.15, 0.2) is 90.2 Å². The second-order valence-corrected chi connectivity index (χ2v) is 11.0. The second-order valence-electron chi connectivity index (χ2n) is 8.90. The number of sulfonamides is 1. The number of aliphatic hydroxyl groups is 1. The molecule has 0 unspecified atom stereocenters. The van der Waals surface area contributed by atoms with E-state index in [9.17, 15) is 17.9 Å². The maximum atomic E-state index is 15.6. The van der Waals surface area contributed by atoms with Crippen LogP contribution in [0, 0.1) is 11.6 Å². The highest BCUT2D eigenvalue weighted by Gasteiger charge is 2.23. The summed E-state index contributed by atoms with van der Waals surface area (Å²) in [5.74, 6) is -1.75. The van der Waals surface area contributed by atoms with Crippen LogP contribution in [0.1, 0.15) is 5.56 Å². The third kappa shape index (κ3) is 4.82. The summed E-state index contributed by atoms with van der Waals surface area (Å²) in [6, 6.07) is 18.4. The molecule has 13 heteroatoms. The van der Waals surface area contributed by atoms with E-state index in [-0.39, 0.29) is 27.9 Å². The van der Waals surface area contributed by atoms with Gasteiger partial charge in [0.25, 0.3) is 10.0 Å². The van der Waals surface area contributed by atoms with Crippen LogP contribution in [0.2, 0.25) is 5.02 Å². The Balaban J connectivity index is 1.41. The number of halogens is 3. The Morgan fingerprint density at radius 1 is 0.951 bits per heavy atom.